The molecule has 1 aromatic heterocycles. The molecule has 0 aromatic carbocycles. The van der Waals surface area contributed by atoms with Gasteiger partial charge in [-0.3, -0.25) is 4.79 Å². The highest BCUT2D eigenvalue weighted by atomic mass is 79.9. The Morgan fingerprint density at radius 3 is 2.68 bits per heavy atom. The van der Waals surface area contributed by atoms with E-state index in [4.69, 9.17) is 22.4 Å². The van der Waals surface area contributed by atoms with E-state index in [1.54, 1.807) is 0 Å². The van der Waals surface area contributed by atoms with Gasteiger partial charge in [-0.15, -0.1) is 11.3 Å². The molecule has 1 heterocycles. The molecule has 0 amide bonds. The SMILES string of the molecule is NC(CC1(CC(=O)O)CCCC1)c1cc(Cl)c(Br)s1. The third kappa shape index (κ3) is 3.72. The molecule has 1 aliphatic carbocycles. The average Bonchev–Trinajstić information content (AvgIpc) is 2.87. The van der Waals surface area contributed by atoms with Crippen LogP contribution in [-0.4, -0.2) is 11.1 Å². The summed E-state index contributed by atoms with van der Waals surface area (Å²) in [6.07, 6.45) is 5.09. The van der Waals surface area contributed by atoms with Crippen LogP contribution in [0.5, 0.6) is 0 Å². The van der Waals surface area contributed by atoms with Crippen molar-refractivity contribution in [1.82, 2.24) is 0 Å². The second-order valence-corrected chi connectivity index (χ2v) is 8.17. The van der Waals surface area contributed by atoms with Crippen LogP contribution in [0.1, 0.15) is 49.4 Å². The number of carboxylic acids is 1. The lowest BCUT2D eigenvalue weighted by atomic mass is 9.77. The van der Waals surface area contributed by atoms with Crippen LogP contribution in [0, 0.1) is 5.41 Å². The molecule has 0 spiro atoms. The van der Waals surface area contributed by atoms with E-state index in [9.17, 15) is 4.79 Å². The molecule has 0 aliphatic heterocycles. The monoisotopic (exact) mass is 365 g/mol. The van der Waals surface area contributed by atoms with Gasteiger partial charge in [-0.05, 0) is 46.7 Å². The van der Waals surface area contributed by atoms with Gasteiger partial charge in [-0.1, -0.05) is 24.4 Å². The van der Waals surface area contributed by atoms with Gasteiger partial charge in [0.05, 0.1) is 15.2 Å². The number of hydrogen-bond acceptors (Lipinski definition) is 3. The Labute approximate surface area is 130 Å². The number of aliphatic carboxylic acids is 1. The number of rotatable bonds is 5. The quantitative estimate of drug-likeness (QED) is 0.801. The molecule has 1 aliphatic rings. The second kappa shape index (κ2) is 6.12. The minimum atomic E-state index is -0.723. The van der Waals surface area contributed by atoms with Gasteiger partial charge in [0.25, 0.3) is 0 Å². The van der Waals surface area contributed by atoms with E-state index in [0.29, 0.717) is 5.02 Å². The van der Waals surface area contributed by atoms with Crippen molar-refractivity contribution in [2.24, 2.45) is 11.1 Å². The molecule has 106 valence electrons. The summed E-state index contributed by atoms with van der Waals surface area (Å²) in [4.78, 5) is 12.1. The molecule has 1 saturated carbocycles. The average molecular weight is 367 g/mol. The zero-order valence-corrected chi connectivity index (χ0v) is 13.7. The third-order valence-electron chi connectivity index (χ3n) is 3.87. The maximum absolute atomic E-state index is 11.1. The standard InChI is InChI=1S/C13H17BrClNO2S/c14-12-8(15)5-10(19-12)9(16)6-13(7-11(17)18)3-1-2-4-13/h5,9H,1-4,6-7,16H2,(H,17,18). The van der Waals surface area contributed by atoms with Crippen LogP contribution in [0.3, 0.4) is 0 Å². The Morgan fingerprint density at radius 1 is 1.58 bits per heavy atom. The minimum Gasteiger partial charge on any atom is -0.481 e. The molecule has 19 heavy (non-hydrogen) atoms. The Morgan fingerprint density at radius 2 is 2.21 bits per heavy atom. The summed E-state index contributed by atoms with van der Waals surface area (Å²) >= 11 is 10.9. The summed E-state index contributed by atoms with van der Waals surface area (Å²) in [5.74, 6) is -0.723. The first-order valence-electron chi connectivity index (χ1n) is 6.34. The lowest BCUT2D eigenvalue weighted by molar-refractivity contribution is -0.139. The number of thiophene rings is 1. The molecule has 3 N–H and O–H groups in total. The molecule has 6 heteroatoms. The van der Waals surface area contributed by atoms with Crippen molar-refractivity contribution < 1.29 is 9.90 Å². The Bertz CT molecular complexity index is 452. The van der Waals surface area contributed by atoms with Gasteiger partial charge in [-0.2, -0.15) is 0 Å². The highest BCUT2D eigenvalue weighted by molar-refractivity contribution is 9.11. The van der Waals surface area contributed by atoms with E-state index < -0.39 is 5.97 Å². The van der Waals surface area contributed by atoms with Gasteiger partial charge in [0, 0.05) is 10.9 Å². The van der Waals surface area contributed by atoms with Gasteiger partial charge < -0.3 is 10.8 Å². The van der Waals surface area contributed by atoms with Crippen molar-refractivity contribution in [2.75, 3.05) is 0 Å². The number of carbonyl (C=O) groups is 1. The Kier molecular flexibility index (Phi) is 4.93. The minimum absolute atomic E-state index is 0.131. The normalized spacial score (nSPS) is 19.5. The maximum Gasteiger partial charge on any atom is 0.303 e. The molecular weight excluding hydrogens is 350 g/mol. The van der Waals surface area contributed by atoms with Crippen LogP contribution in [0.4, 0.5) is 0 Å². The number of hydrogen-bond donors (Lipinski definition) is 2. The number of halogens is 2. The molecule has 1 fully saturated rings. The van der Waals surface area contributed by atoms with E-state index in [2.05, 4.69) is 15.9 Å². The van der Waals surface area contributed by atoms with Crippen LogP contribution in [-0.2, 0) is 4.79 Å². The van der Waals surface area contributed by atoms with Crippen molar-refractivity contribution >= 4 is 44.8 Å². The van der Waals surface area contributed by atoms with E-state index in [1.165, 1.54) is 11.3 Å². The van der Waals surface area contributed by atoms with E-state index in [-0.39, 0.29) is 17.9 Å². The van der Waals surface area contributed by atoms with Crippen LogP contribution in [0.15, 0.2) is 9.85 Å². The lowest BCUT2D eigenvalue weighted by Crippen LogP contribution is -2.26. The number of carboxylic acid groups (broad SMARTS) is 1. The first kappa shape index (κ1) is 15.3. The summed E-state index contributed by atoms with van der Waals surface area (Å²) in [6.45, 7) is 0. The fraction of sp³-hybridized carbons (Fsp3) is 0.615. The number of nitrogens with two attached hydrogens (primary N) is 1. The van der Waals surface area contributed by atoms with Crippen molar-refractivity contribution in [1.29, 1.82) is 0 Å². The Balaban J connectivity index is 2.10. The summed E-state index contributed by atoms with van der Waals surface area (Å²) in [5.41, 5.74) is 6.13. The smallest absolute Gasteiger partial charge is 0.303 e. The molecule has 0 saturated heterocycles. The molecule has 1 aromatic rings. The molecule has 1 unspecified atom stereocenters. The van der Waals surface area contributed by atoms with Crippen molar-refractivity contribution in [3.8, 4) is 0 Å². The fourth-order valence-corrected chi connectivity index (χ4v) is 4.76. The topological polar surface area (TPSA) is 63.3 Å². The van der Waals surface area contributed by atoms with Crippen LogP contribution >= 0.6 is 38.9 Å². The van der Waals surface area contributed by atoms with Crippen LogP contribution in [0.2, 0.25) is 5.02 Å². The molecule has 1 atom stereocenters. The largest absolute Gasteiger partial charge is 0.481 e. The molecular formula is C13H17BrClNO2S. The van der Waals surface area contributed by atoms with Gasteiger partial charge in [0.1, 0.15) is 0 Å². The summed E-state index contributed by atoms with van der Waals surface area (Å²) in [7, 11) is 0. The van der Waals surface area contributed by atoms with Gasteiger partial charge in [0.15, 0.2) is 0 Å². The predicted molar refractivity (Wildman–Crippen MR) is 81.7 cm³/mol. The second-order valence-electron chi connectivity index (χ2n) is 5.36. The maximum atomic E-state index is 11.1. The molecule has 0 bridgehead atoms. The highest BCUT2D eigenvalue weighted by Crippen LogP contribution is 2.48. The fourth-order valence-electron chi connectivity index (χ4n) is 3.01. The zero-order chi connectivity index (χ0) is 14.0. The Hall–Kier alpha value is -0.100. The molecule has 0 radical (unpaired) electrons. The zero-order valence-electron chi connectivity index (χ0n) is 10.5. The molecule has 3 nitrogen and oxygen atoms in total. The first-order chi connectivity index (χ1) is 8.92. The summed E-state index contributed by atoms with van der Waals surface area (Å²) in [6, 6.07) is 1.75. The van der Waals surface area contributed by atoms with Crippen LogP contribution < -0.4 is 5.73 Å². The van der Waals surface area contributed by atoms with Gasteiger partial charge in [-0.25, -0.2) is 0 Å². The highest BCUT2D eigenvalue weighted by Gasteiger charge is 2.37. The summed E-state index contributed by atoms with van der Waals surface area (Å²) < 4.78 is 0.887. The van der Waals surface area contributed by atoms with Gasteiger partial charge >= 0.3 is 5.97 Å². The lowest BCUT2D eigenvalue weighted by Gasteiger charge is -2.29. The summed E-state index contributed by atoms with van der Waals surface area (Å²) in [5, 5.41) is 9.78. The first-order valence-corrected chi connectivity index (χ1v) is 8.33. The van der Waals surface area contributed by atoms with E-state index in [1.807, 2.05) is 6.07 Å². The van der Waals surface area contributed by atoms with Gasteiger partial charge in [0.2, 0.25) is 0 Å². The molecule has 2 rings (SSSR count). The van der Waals surface area contributed by atoms with Crippen LogP contribution in [0.25, 0.3) is 0 Å². The predicted octanol–water partition coefficient (Wildman–Crippen LogP) is 4.59. The van der Waals surface area contributed by atoms with E-state index in [0.717, 1.165) is 40.8 Å². The van der Waals surface area contributed by atoms with Crippen molar-refractivity contribution in [2.45, 2.75) is 44.6 Å². The van der Waals surface area contributed by atoms with E-state index >= 15 is 0 Å². The van der Waals surface area contributed by atoms with Crippen molar-refractivity contribution in [3.05, 3.63) is 19.8 Å². The third-order valence-corrected chi connectivity index (χ3v) is 6.48. The van der Waals surface area contributed by atoms with Crippen molar-refractivity contribution in [3.63, 3.8) is 0 Å².